The van der Waals surface area contributed by atoms with Crippen molar-refractivity contribution in [1.82, 2.24) is 0 Å². The van der Waals surface area contributed by atoms with Gasteiger partial charge in [0.2, 0.25) is 0 Å². The number of nitro benzene ring substituents is 1. The molecule has 7 heteroatoms. The second kappa shape index (κ2) is 4.93. The molecule has 0 saturated heterocycles. The number of nitrogens with one attached hydrogen (secondary N) is 1. The third kappa shape index (κ3) is 2.30. The van der Waals surface area contributed by atoms with Crippen LogP contribution in [0.2, 0.25) is 0 Å². The molecule has 0 amide bonds. The second-order valence-electron chi connectivity index (χ2n) is 2.85. The molecule has 0 aromatic heterocycles. The number of rotatable bonds is 3. The molecule has 1 aromatic rings. The lowest BCUT2D eigenvalue weighted by Crippen LogP contribution is -2.05. The first-order valence-electron chi connectivity index (χ1n) is 4.25. The van der Waals surface area contributed by atoms with Gasteiger partial charge in [0.15, 0.2) is 0 Å². The molecular formula is C9H9BrN2O4. The maximum atomic E-state index is 11.3. The third-order valence-electron chi connectivity index (χ3n) is 1.96. The van der Waals surface area contributed by atoms with Crippen LogP contribution in [0, 0.1) is 10.1 Å². The molecule has 1 N–H and O–H groups in total. The van der Waals surface area contributed by atoms with Crippen molar-refractivity contribution in [2.24, 2.45) is 0 Å². The van der Waals surface area contributed by atoms with Gasteiger partial charge in [-0.1, -0.05) is 0 Å². The van der Waals surface area contributed by atoms with Crippen molar-refractivity contribution in [1.29, 1.82) is 0 Å². The fraction of sp³-hybridized carbons (Fsp3) is 0.222. The van der Waals surface area contributed by atoms with Gasteiger partial charge >= 0.3 is 5.97 Å². The maximum absolute atomic E-state index is 11.3. The van der Waals surface area contributed by atoms with E-state index >= 15 is 0 Å². The van der Waals surface area contributed by atoms with Crippen molar-refractivity contribution < 1.29 is 14.5 Å². The van der Waals surface area contributed by atoms with Crippen molar-refractivity contribution in [3.8, 4) is 0 Å². The minimum absolute atomic E-state index is 0.119. The Morgan fingerprint density at radius 1 is 1.56 bits per heavy atom. The number of halogens is 1. The Bertz CT molecular complexity index is 447. The van der Waals surface area contributed by atoms with Crippen molar-refractivity contribution in [2.75, 3.05) is 19.5 Å². The van der Waals surface area contributed by atoms with Gasteiger partial charge in [0.1, 0.15) is 5.69 Å². The number of hydrogen-bond donors (Lipinski definition) is 1. The molecule has 0 saturated carbocycles. The second-order valence-corrected chi connectivity index (χ2v) is 3.70. The zero-order chi connectivity index (χ0) is 12.3. The highest BCUT2D eigenvalue weighted by Gasteiger charge is 2.20. The molecule has 1 aromatic carbocycles. The fourth-order valence-corrected chi connectivity index (χ4v) is 1.68. The number of carbonyl (C=O) groups is 1. The fourth-order valence-electron chi connectivity index (χ4n) is 1.18. The van der Waals surface area contributed by atoms with E-state index < -0.39 is 10.9 Å². The summed E-state index contributed by atoms with van der Waals surface area (Å²) in [5.41, 5.74) is 0.267. The highest BCUT2D eigenvalue weighted by atomic mass is 79.9. The van der Waals surface area contributed by atoms with Crippen LogP contribution >= 0.6 is 15.9 Å². The lowest BCUT2D eigenvalue weighted by molar-refractivity contribution is -0.384. The van der Waals surface area contributed by atoms with Crippen LogP contribution in [0.3, 0.4) is 0 Å². The molecule has 0 fully saturated rings. The van der Waals surface area contributed by atoms with Gasteiger partial charge in [-0.15, -0.1) is 0 Å². The molecule has 0 spiro atoms. The lowest BCUT2D eigenvalue weighted by Gasteiger charge is -2.06. The smallest absolute Gasteiger partial charge is 0.339 e. The summed E-state index contributed by atoms with van der Waals surface area (Å²) >= 11 is 3.15. The summed E-state index contributed by atoms with van der Waals surface area (Å²) in [4.78, 5) is 21.5. The molecule has 0 aliphatic rings. The number of esters is 1. The monoisotopic (exact) mass is 288 g/mol. The van der Waals surface area contributed by atoms with Crippen LogP contribution in [0.5, 0.6) is 0 Å². The van der Waals surface area contributed by atoms with Gasteiger partial charge in [0.05, 0.1) is 17.6 Å². The predicted octanol–water partition coefficient (Wildman–Crippen LogP) is 2.19. The molecule has 0 unspecified atom stereocenters. The van der Waals surface area contributed by atoms with Gasteiger partial charge in [0.25, 0.3) is 5.69 Å². The summed E-state index contributed by atoms with van der Waals surface area (Å²) in [5.74, 6) is -0.627. The number of hydrogen-bond acceptors (Lipinski definition) is 5. The largest absolute Gasteiger partial charge is 0.465 e. The van der Waals surface area contributed by atoms with Crippen LogP contribution in [0.25, 0.3) is 0 Å². The highest BCUT2D eigenvalue weighted by molar-refractivity contribution is 9.10. The van der Waals surface area contributed by atoms with Gasteiger partial charge in [-0.25, -0.2) is 4.79 Å². The van der Waals surface area contributed by atoms with E-state index in [0.29, 0.717) is 10.2 Å². The van der Waals surface area contributed by atoms with Gasteiger partial charge < -0.3 is 10.1 Å². The van der Waals surface area contributed by atoms with E-state index in [-0.39, 0.29) is 11.3 Å². The van der Waals surface area contributed by atoms with E-state index in [2.05, 4.69) is 26.0 Å². The van der Waals surface area contributed by atoms with Gasteiger partial charge in [-0.2, -0.15) is 0 Å². The minimum atomic E-state index is -0.627. The molecule has 0 heterocycles. The van der Waals surface area contributed by atoms with Crippen molar-refractivity contribution in [2.45, 2.75) is 0 Å². The Hall–Kier alpha value is -1.63. The quantitative estimate of drug-likeness (QED) is 0.524. The number of benzene rings is 1. The molecular weight excluding hydrogens is 280 g/mol. The van der Waals surface area contributed by atoms with E-state index in [0.717, 1.165) is 0 Å². The van der Waals surface area contributed by atoms with Crippen LogP contribution in [0.1, 0.15) is 10.4 Å². The summed E-state index contributed by atoms with van der Waals surface area (Å²) in [6, 6.07) is 2.63. The van der Waals surface area contributed by atoms with E-state index in [9.17, 15) is 14.9 Å². The molecule has 16 heavy (non-hydrogen) atoms. The number of nitrogens with zero attached hydrogens (tertiary/aromatic N) is 1. The average Bonchev–Trinajstić information content (AvgIpc) is 2.27. The standard InChI is InChI=1S/C9H9BrN2O4/c1-11-7-4-6(10)5(9(13)16-2)3-8(7)12(14)15/h3-4,11H,1-2H3. The van der Waals surface area contributed by atoms with Crippen molar-refractivity contribution in [3.63, 3.8) is 0 Å². The Labute approximate surface area is 99.9 Å². The summed E-state index contributed by atoms with van der Waals surface area (Å²) in [6.45, 7) is 0. The van der Waals surface area contributed by atoms with Crippen molar-refractivity contribution >= 4 is 33.3 Å². The van der Waals surface area contributed by atoms with Crippen LogP contribution in [0.4, 0.5) is 11.4 Å². The van der Waals surface area contributed by atoms with Crippen LogP contribution in [0.15, 0.2) is 16.6 Å². The zero-order valence-corrected chi connectivity index (χ0v) is 10.2. The highest BCUT2D eigenvalue weighted by Crippen LogP contribution is 2.31. The number of methoxy groups -OCH3 is 1. The van der Waals surface area contributed by atoms with Gasteiger partial charge in [-0.05, 0) is 22.0 Å². The topological polar surface area (TPSA) is 81.5 Å². The number of ether oxygens (including phenoxy) is 1. The maximum Gasteiger partial charge on any atom is 0.339 e. The predicted molar refractivity (Wildman–Crippen MR) is 61.7 cm³/mol. The Balaban J connectivity index is 3.38. The van der Waals surface area contributed by atoms with Crippen LogP contribution in [-0.2, 0) is 4.74 Å². The number of anilines is 1. The Morgan fingerprint density at radius 3 is 2.62 bits per heavy atom. The summed E-state index contributed by atoms with van der Waals surface area (Å²) in [6.07, 6.45) is 0. The van der Waals surface area contributed by atoms with Crippen LogP contribution < -0.4 is 5.32 Å². The molecule has 6 nitrogen and oxygen atoms in total. The number of nitro groups is 1. The van der Waals surface area contributed by atoms with Gasteiger partial charge in [-0.3, -0.25) is 10.1 Å². The van der Waals surface area contributed by atoms with Crippen LogP contribution in [-0.4, -0.2) is 25.1 Å². The first-order chi connectivity index (χ1) is 7.51. The molecule has 0 aliphatic heterocycles. The summed E-state index contributed by atoms with van der Waals surface area (Å²) in [7, 11) is 2.78. The normalized spacial score (nSPS) is 9.69. The van der Waals surface area contributed by atoms with E-state index in [1.807, 2.05) is 0 Å². The molecule has 0 atom stereocenters. The summed E-state index contributed by atoms with van der Waals surface area (Å²) < 4.78 is 4.95. The SMILES string of the molecule is CNc1cc(Br)c(C(=O)OC)cc1[N+](=O)[O-]. The van der Waals surface area contributed by atoms with E-state index in [1.165, 1.54) is 19.2 Å². The van der Waals surface area contributed by atoms with Crippen molar-refractivity contribution in [3.05, 3.63) is 32.3 Å². The molecule has 0 radical (unpaired) electrons. The van der Waals surface area contributed by atoms with Gasteiger partial charge in [0, 0.05) is 17.6 Å². The average molecular weight is 289 g/mol. The first kappa shape index (κ1) is 12.4. The Morgan fingerprint density at radius 2 is 2.19 bits per heavy atom. The third-order valence-corrected chi connectivity index (χ3v) is 2.61. The Kier molecular flexibility index (Phi) is 3.83. The lowest BCUT2D eigenvalue weighted by atomic mass is 10.1. The molecule has 0 bridgehead atoms. The molecule has 0 aliphatic carbocycles. The van der Waals surface area contributed by atoms with E-state index in [4.69, 9.17) is 0 Å². The zero-order valence-electron chi connectivity index (χ0n) is 8.61. The number of carbonyl (C=O) groups excluding carboxylic acids is 1. The summed E-state index contributed by atoms with van der Waals surface area (Å²) in [5, 5.41) is 13.4. The molecule has 86 valence electrons. The molecule has 1 rings (SSSR count). The van der Waals surface area contributed by atoms with E-state index in [1.54, 1.807) is 7.05 Å². The minimum Gasteiger partial charge on any atom is -0.465 e. The first-order valence-corrected chi connectivity index (χ1v) is 5.04.